The highest BCUT2D eigenvalue weighted by Crippen LogP contribution is 2.38. The minimum Gasteiger partial charge on any atom is -0.312 e. The van der Waals surface area contributed by atoms with Gasteiger partial charge < -0.3 is 10.2 Å². The molecule has 1 N–H and O–H groups in total. The summed E-state index contributed by atoms with van der Waals surface area (Å²) in [6, 6.07) is 2.07. The van der Waals surface area contributed by atoms with Crippen LogP contribution < -0.4 is 5.32 Å². The van der Waals surface area contributed by atoms with E-state index in [4.69, 9.17) is 0 Å². The molecule has 3 unspecified atom stereocenters. The van der Waals surface area contributed by atoms with E-state index in [1.54, 1.807) is 0 Å². The van der Waals surface area contributed by atoms with Gasteiger partial charge in [-0.15, -0.1) is 0 Å². The fourth-order valence-electron chi connectivity index (χ4n) is 4.25. The van der Waals surface area contributed by atoms with E-state index in [9.17, 15) is 0 Å². The van der Waals surface area contributed by atoms with Gasteiger partial charge in [-0.2, -0.15) is 0 Å². The van der Waals surface area contributed by atoms with Gasteiger partial charge in [-0.1, -0.05) is 27.2 Å². The first-order valence-corrected chi connectivity index (χ1v) is 8.13. The highest BCUT2D eigenvalue weighted by molar-refractivity contribution is 5.00. The van der Waals surface area contributed by atoms with Crippen molar-refractivity contribution in [1.29, 1.82) is 0 Å². The Morgan fingerprint density at radius 3 is 2.63 bits per heavy atom. The lowest BCUT2D eigenvalue weighted by Crippen LogP contribution is -2.64. The molecule has 1 aliphatic carbocycles. The Bertz CT molecular complexity index is 290. The van der Waals surface area contributed by atoms with Gasteiger partial charge in [0.15, 0.2) is 0 Å². The van der Waals surface area contributed by atoms with Gasteiger partial charge in [0.05, 0.1) is 0 Å². The summed E-state index contributed by atoms with van der Waals surface area (Å²) in [7, 11) is 2.25. The summed E-state index contributed by atoms with van der Waals surface area (Å²) >= 11 is 0. The monoisotopic (exact) mass is 267 g/mol. The maximum absolute atomic E-state index is 3.80. The van der Waals surface area contributed by atoms with E-state index in [0.717, 1.165) is 12.6 Å². The highest BCUT2D eigenvalue weighted by Gasteiger charge is 2.42. The largest absolute Gasteiger partial charge is 0.312 e. The summed E-state index contributed by atoms with van der Waals surface area (Å²) in [5.41, 5.74) is 0.433. The normalized spacial score (nSPS) is 37.4. The number of likely N-dealkylation sites (N-methyl/N-ethyl adjacent to an activating group) is 2. The second kappa shape index (κ2) is 6.11. The Kier molecular flexibility index (Phi) is 4.91. The van der Waals surface area contributed by atoms with Gasteiger partial charge in [0.2, 0.25) is 0 Å². The fraction of sp³-hybridized carbons (Fsp3) is 1.00. The molecule has 0 aromatic carbocycles. The maximum atomic E-state index is 3.80. The van der Waals surface area contributed by atoms with Gasteiger partial charge in [-0.3, -0.25) is 4.90 Å². The molecule has 3 atom stereocenters. The molecule has 1 heterocycles. The molecule has 0 radical (unpaired) electrons. The Hall–Kier alpha value is -0.120. The summed E-state index contributed by atoms with van der Waals surface area (Å²) in [4.78, 5) is 5.26. The Labute approximate surface area is 119 Å². The zero-order valence-electron chi connectivity index (χ0n) is 13.6. The van der Waals surface area contributed by atoms with Crippen LogP contribution in [-0.2, 0) is 0 Å². The van der Waals surface area contributed by atoms with Crippen LogP contribution >= 0.6 is 0 Å². The molecule has 0 aromatic heterocycles. The van der Waals surface area contributed by atoms with Gasteiger partial charge in [0.25, 0.3) is 0 Å². The first-order chi connectivity index (χ1) is 8.95. The second-order valence-corrected chi connectivity index (χ2v) is 7.33. The quantitative estimate of drug-likeness (QED) is 0.845. The summed E-state index contributed by atoms with van der Waals surface area (Å²) in [5.74, 6) is 0. The predicted molar refractivity (Wildman–Crippen MR) is 82.5 cm³/mol. The molecule has 0 aromatic rings. The molecule has 0 amide bonds. The highest BCUT2D eigenvalue weighted by atomic mass is 15.3. The van der Waals surface area contributed by atoms with E-state index in [1.165, 1.54) is 38.9 Å². The third-order valence-electron chi connectivity index (χ3n) is 5.28. The van der Waals surface area contributed by atoms with Crippen LogP contribution in [0.2, 0.25) is 0 Å². The van der Waals surface area contributed by atoms with Crippen LogP contribution in [0.1, 0.15) is 47.0 Å². The summed E-state index contributed by atoms with van der Waals surface area (Å²) in [5, 5.41) is 3.80. The van der Waals surface area contributed by atoms with Gasteiger partial charge in [0, 0.05) is 37.8 Å². The zero-order valence-corrected chi connectivity index (χ0v) is 13.6. The first kappa shape index (κ1) is 15.3. The van der Waals surface area contributed by atoms with Crippen LogP contribution in [0, 0.1) is 5.41 Å². The molecule has 0 bridgehead atoms. The SMILES string of the molecule is CCNC1C(N2CCN(C)CC2C)CCCC1(C)C. The van der Waals surface area contributed by atoms with Gasteiger partial charge in [0.1, 0.15) is 0 Å². The molecule has 0 spiro atoms. The molecular weight excluding hydrogens is 234 g/mol. The van der Waals surface area contributed by atoms with Crippen molar-refractivity contribution in [3.05, 3.63) is 0 Å². The van der Waals surface area contributed by atoms with Crippen molar-refractivity contribution in [2.24, 2.45) is 5.41 Å². The molecule has 19 heavy (non-hydrogen) atoms. The topological polar surface area (TPSA) is 18.5 Å². The summed E-state index contributed by atoms with van der Waals surface area (Å²) in [6.45, 7) is 14.3. The Morgan fingerprint density at radius 1 is 1.26 bits per heavy atom. The van der Waals surface area contributed by atoms with Gasteiger partial charge >= 0.3 is 0 Å². The van der Waals surface area contributed by atoms with E-state index >= 15 is 0 Å². The number of nitrogens with zero attached hydrogens (tertiary/aromatic N) is 2. The Morgan fingerprint density at radius 2 is 2.00 bits per heavy atom. The molecule has 2 aliphatic rings. The van der Waals surface area contributed by atoms with Gasteiger partial charge in [-0.25, -0.2) is 0 Å². The lowest BCUT2D eigenvalue weighted by molar-refractivity contribution is -0.00487. The smallest absolute Gasteiger partial charge is 0.0274 e. The lowest BCUT2D eigenvalue weighted by atomic mass is 9.70. The molecule has 1 aliphatic heterocycles. The van der Waals surface area contributed by atoms with Crippen molar-refractivity contribution in [3.8, 4) is 0 Å². The van der Waals surface area contributed by atoms with E-state index in [-0.39, 0.29) is 0 Å². The predicted octanol–water partition coefficient (Wildman–Crippen LogP) is 2.18. The van der Waals surface area contributed by atoms with E-state index in [0.29, 0.717) is 17.5 Å². The average Bonchev–Trinajstić information content (AvgIpc) is 2.32. The van der Waals surface area contributed by atoms with Crippen molar-refractivity contribution >= 4 is 0 Å². The second-order valence-electron chi connectivity index (χ2n) is 7.33. The summed E-state index contributed by atoms with van der Waals surface area (Å²) < 4.78 is 0. The van der Waals surface area contributed by atoms with Crippen molar-refractivity contribution in [2.75, 3.05) is 33.2 Å². The van der Waals surface area contributed by atoms with Crippen molar-refractivity contribution in [2.45, 2.75) is 65.1 Å². The van der Waals surface area contributed by atoms with E-state index in [2.05, 4.69) is 49.9 Å². The van der Waals surface area contributed by atoms with Crippen molar-refractivity contribution < 1.29 is 0 Å². The number of hydrogen-bond acceptors (Lipinski definition) is 3. The van der Waals surface area contributed by atoms with E-state index in [1.807, 2.05) is 0 Å². The third-order valence-corrected chi connectivity index (χ3v) is 5.28. The minimum atomic E-state index is 0.433. The third kappa shape index (κ3) is 3.32. The van der Waals surface area contributed by atoms with Crippen molar-refractivity contribution in [1.82, 2.24) is 15.1 Å². The summed E-state index contributed by atoms with van der Waals surface area (Å²) in [6.07, 6.45) is 4.12. The molecule has 112 valence electrons. The maximum Gasteiger partial charge on any atom is 0.0274 e. The molecule has 2 rings (SSSR count). The van der Waals surface area contributed by atoms with Crippen LogP contribution in [0.25, 0.3) is 0 Å². The average molecular weight is 267 g/mol. The fourth-order valence-corrected chi connectivity index (χ4v) is 4.25. The number of rotatable bonds is 3. The standard InChI is InChI=1S/C16H33N3/c1-6-17-15-14(8-7-9-16(15,3)4)19-11-10-18(5)12-13(19)2/h13-15,17H,6-12H2,1-5H3. The Balaban J connectivity index is 2.11. The van der Waals surface area contributed by atoms with Gasteiger partial charge in [-0.05, 0) is 38.8 Å². The zero-order chi connectivity index (χ0) is 14.0. The number of hydrogen-bond donors (Lipinski definition) is 1. The van der Waals surface area contributed by atoms with Crippen LogP contribution in [0.15, 0.2) is 0 Å². The molecule has 1 saturated heterocycles. The molecule has 3 nitrogen and oxygen atoms in total. The molecule has 2 fully saturated rings. The van der Waals surface area contributed by atoms with E-state index < -0.39 is 0 Å². The van der Waals surface area contributed by atoms with Crippen LogP contribution in [0.3, 0.4) is 0 Å². The van der Waals surface area contributed by atoms with Crippen LogP contribution in [-0.4, -0.2) is 61.2 Å². The molecular formula is C16H33N3. The minimum absolute atomic E-state index is 0.433. The number of nitrogens with one attached hydrogen (secondary N) is 1. The molecule has 3 heteroatoms. The number of piperazine rings is 1. The van der Waals surface area contributed by atoms with Crippen LogP contribution in [0.4, 0.5) is 0 Å². The van der Waals surface area contributed by atoms with Crippen LogP contribution in [0.5, 0.6) is 0 Å². The molecule has 1 saturated carbocycles. The van der Waals surface area contributed by atoms with Crippen molar-refractivity contribution in [3.63, 3.8) is 0 Å². The lowest BCUT2D eigenvalue weighted by Gasteiger charge is -2.52. The first-order valence-electron chi connectivity index (χ1n) is 8.13.